The average Bonchev–Trinajstić information content (AvgIpc) is 3.13. The summed E-state index contributed by atoms with van der Waals surface area (Å²) < 4.78 is 6.03. The molecule has 1 amide bonds. The summed E-state index contributed by atoms with van der Waals surface area (Å²) in [6.07, 6.45) is 2.84. The highest BCUT2D eigenvalue weighted by Crippen LogP contribution is 2.25. The third kappa shape index (κ3) is 4.54. The van der Waals surface area contributed by atoms with Crippen LogP contribution in [0.1, 0.15) is 36.2 Å². The van der Waals surface area contributed by atoms with Crippen LogP contribution in [0, 0.1) is 0 Å². The van der Waals surface area contributed by atoms with Crippen molar-refractivity contribution in [3.8, 4) is 5.88 Å². The number of pyridine rings is 1. The molecule has 132 valence electrons. The highest BCUT2D eigenvalue weighted by atomic mass is 32.2. The molecule has 0 saturated carbocycles. The minimum absolute atomic E-state index is 0.0346. The molecule has 1 aromatic heterocycles. The molecule has 1 aliphatic heterocycles. The minimum atomic E-state index is -0.0346. The van der Waals surface area contributed by atoms with Crippen molar-refractivity contribution in [2.45, 2.75) is 39.0 Å². The number of rotatable bonds is 6. The van der Waals surface area contributed by atoms with Crippen molar-refractivity contribution in [3.05, 3.63) is 59.8 Å². The minimum Gasteiger partial charge on any atom is -0.473 e. The molecule has 1 unspecified atom stereocenters. The van der Waals surface area contributed by atoms with Crippen LogP contribution in [0.3, 0.4) is 0 Å². The fourth-order valence-corrected chi connectivity index (χ4v) is 3.93. The first kappa shape index (κ1) is 17.8. The zero-order chi connectivity index (χ0) is 17.6. The Morgan fingerprint density at radius 3 is 2.76 bits per heavy atom. The predicted octanol–water partition coefficient (Wildman–Crippen LogP) is 4.02. The number of carbonyl (C=O) groups is 1. The van der Waals surface area contributed by atoms with Crippen molar-refractivity contribution < 1.29 is 9.53 Å². The Balaban J connectivity index is 1.82. The Bertz CT molecular complexity index is 700. The van der Waals surface area contributed by atoms with Gasteiger partial charge >= 0.3 is 0 Å². The van der Waals surface area contributed by atoms with Gasteiger partial charge in [-0.15, -0.1) is 0 Å². The molecule has 0 bridgehead atoms. The van der Waals surface area contributed by atoms with E-state index in [9.17, 15) is 4.79 Å². The number of hydrogen-bond acceptors (Lipinski definition) is 4. The molecule has 1 aliphatic rings. The number of aromatic nitrogens is 1. The Morgan fingerprint density at radius 1 is 1.28 bits per heavy atom. The fraction of sp³-hybridized carbons (Fsp3) is 0.400. The van der Waals surface area contributed by atoms with Crippen molar-refractivity contribution in [2.24, 2.45) is 0 Å². The van der Waals surface area contributed by atoms with Crippen molar-refractivity contribution in [1.29, 1.82) is 0 Å². The van der Waals surface area contributed by atoms with Crippen LogP contribution in [0.2, 0.25) is 0 Å². The van der Waals surface area contributed by atoms with Gasteiger partial charge in [0.15, 0.2) is 0 Å². The molecule has 5 heteroatoms. The van der Waals surface area contributed by atoms with Crippen molar-refractivity contribution in [3.63, 3.8) is 0 Å². The summed E-state index contributed by atoms with van der Waals surface area (Å²) in [6.45, 7) is 4.64. The van der Waals surface area contributed by atoms with Crippen LogP contribution in [0.5, 0.6) is 5.88 Å². The van der Waals surface area contributed by atoms with Crippen LogP contribution in [-0.2, 0) is 6.54 Å². The molecule has 0 radical (unpaired) electrons. The lowest BCUT2D eigenvalue weighted by Gasteiger charge is -2.27. The molecule has 4 nitrogen and oxygen atoms in total. The summed E-state index contributed by atoms with van der Waals surface area (Å²) in [7, 11) is 0. The number of hydrogen-bond donors (Lipinski definition) is 0. The van der Waals surface area contributed by atoms with Gasteiger partial charge in [0.2, 0.25) is 5.88 Å². The molecule has 2 heterocycles. The second-order valence-corrected chi connectivity index (χ2v) is 7.62. The topological polar surface area (TPSA) is 42.4 Å². The maximum Gasteiger partial charge on any atom is 0.259 e. The highest BCUT2D eigenvalue weighted by Gasteiger charge is 2.25. The van der Waals surface area contributed by atoms with E-state index >= 15 is 0 Å². The Hall–Kier alpha value is -2.01. The zero-order valence-electron chi connectivity index (χ0n) is 14.7. The van der Waals surface area contributed by atoms with E-state index in [1.807, 2.05) is 66.9 Å². The molecule has 1 fully saturated rings. The van der Waals surface area contributed by atoms with Crippen molar-refractivity contribution >= 4 is 17.7 Å². The summed E-state index contributed by atoms with van der Waals surface area (Å²) in [5, 5.41) is 0. The normalized spacial score (nSPS) is 16.8. The van der Waals surface area contributed by atoms with Gasteiger partial charge in [0, 0.05) is 24.5 Å². The van der Waals surface area contributed by atoms with Crippen LogP contribution >= 0.6 is 11.8 Å². The Morgan fingerprint density at radius 2 is 2.08 bits per heavy atom. The number of nitrogens with zero attached hydrogens (tertiary/aromatic N) is 2. The van der Waals surface area contributed by atoms with Crippen LogP contribution in [0.4, 0.5) is 0 Å². The molecule has 1 atom stereocenters. The lowest BCUT2D eigenvalue weighted by atomic mass is 10.1. The molecule has 0 N–H and O–H groups in total. The quantitative estimate of drug-likeness (QED) is 0.784. The second kappa shape index (κ2) is 8.39. The molecule has 3 rings (SSSR count). The van der Waals surface area contributed by atoms with Crippen molar-refractivity contribution in [1.82, 2.24) is 9.88 Å². The maximum absolute atomic E-state index is 13.2. The van der Waals surface area contributed by atoms with Gasteiger partial charge in [-0.05, 0) is 43.7 Å². The van der Waals surface area contributed by atoms with Gasteiger partial charge in [0.1, 0.15) is 11.7 Å². The third-order valence-electron chi connectivity index (χ3n) is 4.25. The van der Waals surface area contributed by atoms with E-state index in [1.54, 1.807) is 12.3 Å². The zero-order valence-corrected chi connectivity index (χ0v) is 15.5. The van der Waals surface area contributed by atoms with Crippen LogP contribution < -0.4 is 4.74 Å². The first-order chi connectivity index (χ1) is 12.1. The SMILES string of the molecule is CC(C)N(Cc1ccccc1)C(=O)c1cccnc1OC1CCSC1. The lowest BCUT2D eigenvalue weighted by molar-refractivity contribution is 0.0682. The van der Waals surface area contributed by atoms with E-state index < -0.39 is 0 Å². The van der Waals surface area contributed by atoms with Crippen LogP contribution in [-0.4, -0.2) is 39.4 Å². The van der Waals surface area contributed by atoms with Gasteiger partial charge in [0.05, 0.1) is 0 Å². The Kier molecular flexibility index (Phi) is 5.97. The Labute approximate surface area is 153 Å². The smallest absolute Gasteiger partial charge is 0.259 e. The van der Waals surface area contributed by atoms with E-state index in [0.29, 0.717) is 18.0 Å². The van der Waals surface area contributed by atoms with E-state index in [4.69, 9.17) is 4.74 Å². The van der Waals surface area contributed by atoms with Crippen LogP contribution in [0.25, 0.3) is 0 Å². The molecular formula is C20H24N2O2S. The van der Waals surface area contributed by atoms with Gasteiger partial charge < -0.3 is 9.64 Å². The summed E-state index contributed by atoms with van der Waals surface area (Å²) in [4.78, 5) is 19.4. The number of ether oxygens (including phenoxy) is 1. The van der Waals surface area contributed by atoms with Gasteiger partial charge in [-0.3, -0.25) is 4.79 Å². The number of thioether (sulfide) groups is 1. The molecule has 0 aliphatic carbocycles. The lowest BCUT2D eigenvalue weighted by Crippen LogP contribution is -2.37. The summed E-state index contributed by atoms with van der Waals surface area (Å²) in [6, 6.07) is 13.7. The average molecular weight is 356 g/mol. The van der Waals surface area contributed by atoms with E-state index in [0.717, 1.165) is 23.5 Å². The number of amides is 1. The fourth-order valence-electron chi connectivity index (χ4n) is 2.83. The molecule has 2 aromatic rings. The van der Waals surface area contributed by atoms with Gasteiger partial charge in [-0.1, -0.05) is 30.3 Å². The van der Waals surface area contributed by atoms with Crippen LogP contribution in [0.15, 0.2) is 48.7 Å². The first-order valence-corrected chi connectivity index (χ1v) is 9.85. The summed E-state index contributed by atoms with van der Waals surface area (Å²) in [5.41, 5.74) is 1.66. The maximum atomic E-state index is 13.2. The van der Waals surface area contributed by atoms with Gasteiger partial charge in [-0.25, -0.2) is 4.98 Å². The second-order valence-electron chi connectivity index (χ2n) is 6.47. The van der Waals surface area contributed by atoms with Gasteiger partial charge in [0.25, 0.3) is 5.91 Å². The van der Waals surface area contributed by atoms with E-state index in [-0.39, 0.29) is 18.1 Å². The molecular weight excluding hydrogens is 332 g/mol. The predicted molar refractivity (Wildman–Crippen MR) is 102 cm³/mol. The first-order valence-electron chi connectivity index (χ1n) is 8.69. The van der Waals surface area contributed by atoms with E-state index in [1.165, 1.54) is 0 Å². The monoisotopic (exact) mass is 356 g/mol. The van der Waals surface area contributed by atoms with Gasteiger partial charge in [-0.2, -0.15) is 11.8 Å². The molecule has 1 saturated heterocycles. The summed E-state index contributed by atoms with van der Waals surface area (Å²) in [5.74, 6) is 2.49. The molecule has 25 heavy (non-hydrogen) atoms. The molecule has 0 spiro atoms. The van der Waals surface area contributed by atoms with Crippen molar-refractivity contribution in [2.75, 3.05) is 11.5 Å². The van der Waals surface area contributed by atoms with E-state index in [2.05, 4.69) is 4.98 Å². The highest BCUT2D eigenvalue weighted by molar-refractivity contribution is 7.99. The molecule has 1 aromatic carbocycles. The summed E-state index contributed by atoms with van der Waals surface area (Å²) >= 11 is 1.88. The number of benzene rings is 1. The number of carbonyl (C=O) groups excluding carboxylic acids is 1. The standard InChI is InChI=1S/C20H24N2O2S/c1-15(2)22(13-16-7-4-3-5-8-16)20(23)18-9-6-11-21-19(18)24-17-10-12-25-14-17/h3-9,11,15,17H,10,12-14H2,1-2H3. The largest absolute Gasteiger partial charge is 0.473 e. The third-order valence-corrected chi connectivity index (χ3v) is 5.38.